The number of alkyl halides is 3. The maximum atomic E-state index is 12.4. The third-order valence-corrected chi connectivity index (χ3v) is 1.99. The first-order chi connectivity index (χ1) is 7.73. The summed E-state index contributed by atoms with van der Waals surface area (Å²) in [7, 11) is 2.86. The van der Waals surface area contributed by atoms with Gasteiger partial charge < -0.3 is 15.3 Å². The van der Waals surface area contributed by atoms with Crippen molar-refractivity contribution in [3.8, 4) is 5.75 Å². The summed E-state index contributed by atoms with van der Waals surface area (Å²) in [6.45, 7) is 0. The standard InChI is InChI=1S/C10H11F3N2O2/c1-15(2)9(17)14-7-5-3-4-6(8(7)16)10(11,12)13/h3-5,16H,1-2H3,(H,14,17). The van der Waals surface area contributed by atoms with Crippen molar-refractivity contribution in [2.75, 3.05) is 19.4 Å². The highest BCUT2D eigenvalue weighted by Gasteiger charge is 2.34. The lowest BCUT2D eigenvalue weighted by atomic mass is 10.1. The number of hydrogen-bond donors (Lipinski definition) is 2. The Morgan fingerprint density at radius 2 is 1.94 bits per heavy atom. The molecule has 0 saturated carbocycles. The first-order valence-corrected chi connectivity index (χ1v) is 4.61. The second kappa shape index (κ2) is 4.52. The number of urea groups is 1. The Balaban J connectivity index is 3.07. The third kappa shape index (κ3) is 3.02. The molecule has 0 fully saturated rings. The highest BCUT2D eigenvalue weighted by molar-refractivity contribution is 5.90. The molecule has 0 aliphatic heterocycles. The number of hydrogen-bond acceptors (Lipinski definition) is 2. The number of phenols is 1. The molecule has 0 atom stereocenters. The molecule has 1 rings (SSSR count). The minimum atomic E-state index is -4.66. The summed E-state index contributed by atoms with van der Waals surface area (Å²) in [4.78, 5) is 12.4. The maximum absolute atomic E-state index is 12.4. The van der Waals surface area contributed by atoms with Gasteiger partial charge in [-0.15, -0.1) is 0 Å². The van der Waals surface area contributed by atoms with Gasteiger partial charge in [0.15, 0.2) is 5.75 Å². The lowest BCUT2D eigenvalue weighted by Crippen LogP contribution is -2.27. The third-order valence-electron chi connectivity index (χ3n) is 1.99. The zero-order valence-corrected chi connectivity index (χ0v) is 9.17. The van der Waals surface area contributed by atoms with Crippen LogP contribution in [-0.2, 0) is 6.18 Å². The molecule has 0 saturated heterocycles. The van der Waals surface area contributed by atoms with E-state index in [0.717, 1.165) is 17.0 Å². The second-order valence-electron chi connectivity index (χ2n) is 3.52. The Labute approximate surface area is 95.7 Å². The van der Waals surface area contributed by atoms with Gasteiger partial charge in [0.2, 0.25) is 0 Å². The molecule has 0 heterocycles. The van der Waals surface area contributed by atoms with E-state index in [-0.39, 0.29) is 5.69 Å². The van der Waals surface area contributed by atoms with Gasteiger partial charge in [-0.3, -0.25) is 0 Å². The van der Waals surface area contributed by atoms with Gasteiger partial charge >= 0.3 is 12.2 Å². The average molecular weight is 248 g/mol. The Kier molecular flexibility index (Phi) is 3.50. The second-order valence-corrected chi connectivity index (χ2v) is 3.52. The molecule has 0 spiro atoms. The van der Waals surface area contributed by atoms with Crippen LogP contribution in [0.4, 0.5) is 23.7 Å². The van der Waals surface area contributed by atoms with Crippen molar-refractivity contribution >= 4 is 11.7 Å². The predicted molar refractivity (Wildman–Crippen MR) is 55.8 cm³/mol. The van der Waals surface area contributed by atoms with E-state index in [4.69, 9.17) is 0 Å². The molecule has 17 heavy (non-hydrogen) atoms. The number of aromatic hydroxyl groups is 1. The van der Waals surface area contributed by atoms with E-state index in [1.165, 1.54) is 20.2 Å². The van der Waals surface area contributed by atoms with Crippen LogP contribution in [0.5, 0.6) is 5.75 Å². The fraction of sp³-hybridized carbons (Fsp3) is 0.300. The minimum absolute atomic E-state index is 0.279. The normalized spacial score (nSPS) is 11.1. The van der Waals surface area contributed by atoms with Gasteiger partial charge in [-0.2, -0.15) is 13.2 Å². The summed E-state index contributed by atoms with van der Waals surface area (Å²) in [6.07, 6.45) is -4.66. The van der Waals surface area contributed by atoms with Crippen molar-refractivity contribution in [1.82, 2.24) is 4.90 Å². The molecule has 1 aromatic rings. The Bertz CT molecular complexity index is 430. The quantitative estimate of drug-likeness (QED) is 0.750. The van der Waals surface area contributed by atoms with Crippen molar-refractivity contribution < 1.29 is 23.1 Å². The molecule has 2 N–H and O–H groups in total. The fourth-order valence-electron chi connectivity index (χ4n) is 1.10. The van der Waals surface area contributed by atoms with E-state index in [2.05, 4.69) is 5.32 Å². The lowest BCUT2D eigenvalue weighted by molar-refractivity contribution is -0.138. The van der Waals surface area contributed by atoms with Crippen LogP contribution in [0.25, 0.3) is 0 Å². The van der Waals surface area contributed by atoms with Gasteiger partial charge in [0.05, 0.1) is 11.3 Å². The Hall–Kier alpha value is -1.92. The van der Waals surface area contributed by atoms with Gasteiger partial charge in [-0.05, 0) is 12.1 Å². The highest BCUT2D eigenvalue weighted by Crippen LogP contribution is 2.39. The number of nitrogens with one attached hydrogen (secondary N) is 1. The maximum Gasteiger partial charge on any atom is 0.420 e. The molecule has 0 bridgehead atoms. The average Bonchev–Trinajstić information content (AvgIpc) is 2.19. The SMILES string of the molecule is CN(C)C(=O)Nc1cccc(C(F)(F)F)c1O. The van der Waals surface area contributed by atoms with Crippen molar-refractivity contribution in [3.05, 3.63) is 23.8 Å². The van der Waals surface area contributed by atoms with Gasteiger partial charge in [0.25, 0.3) is 0 Å². The predicted octanol–water partition coefficient (Wildman–Crippen LogP) is 2.50. The number of phenolic OH excluding ortho intramolecular Hbond substituents is 1. The fourth-order valence-corrected chi connectivity index (χ4v) is 1.10. The Morgan fingerprint density at radius 1 is 1.35 bits per heavy atom. The molecule has 0 radical (unpaired) electrons. The topological polar surface area (TPSA) is 52.6 Å². The van der Waals surface area contributed by atoms with E-state index in [0.29, 0.717) is 0 Å². The number of carbonyl (C=O) groups is 1. The van der Waals surface area contributed by atoms with Gasteiger partial charge in [-0.25, -0.2) is 4.79 Å². The number of anilines is 1. The van der Waals surface area contributed by atoms with Gasteiger partial charge in [0, 0.05) is 14.1 Å². The number of halogens is 3. The smallest absolute Gasteiger partial charge is 0.420 e. The molecule has 0 aliphatic rings. The number of carbonyl (C=O) groups excluding carboxylic acids is 1. The summed E-state index contributed by atoms with van der Waals surface area (Å²) in [5.41, 5.74) is -1.47. The first kappa shape index (κ1) is 13.1. The van der Waals surface area contributed by atoms with E-state index in [1.54, 1.807) is 0 Å². The van der Waals surface area contributed by atoms with Crippen molar-refractivity contribution in [1.29, 1.82) is 0 Å². The largest absolute Gasteiger partial charge is 0.505 e. The lowest BCUT2D eigenvalue weighted by Gasteiger charge is -2.15. The summed E-state index contributed by atoms with van der Waals surface area (Å²) >= 11 is 0. The van der Waals surface area contributed by atoms with Gasteiger partial charge in [-0.1, -0.05) is 6.07 Å². The minimum Gasteiger partial charge on any atom is -0.505 e. The number of rotatable bonds is 1. The first-order valence-electron chi connectivity index (χ1n) is 4.61. The van der Waals surface area contributed by atoms with E-state index in [1.807, 2.05) is 0 Å². The van der Waals surface area contributed by atoms with Crippen molar-refractivity contribution in [2.24, 2.45) is 0 Å². The zero-order valence-electron chi connectivity index (χ0n) is 9.17. The highest BCUT2D eigenvalue weighted by atomic mass is 19.4. The van der Waals surface area contributed by atoms with Crippen LogP contribution in [-0.4, -0.2) is 30.1 Å². The molecule has 7 heteroatoms. The Morgan fingerprint density at radius 3 is 2.41 bits per heavy atom. The van der Waals surface area contributed by atoms with Crippen LogP contribution in [0, 0.1) is 0 Å². The summed E-state index contributed by atoms with van der Waals surface area (Å²) in [5, 5.41) is 11.6. The van der Waals surface area contributed by atoms with E-state index >= 15 is 0 Å². The molecular formula is C10H11F3N2O2. The van der Waals surface area contributed by atoms with Crippen molar-refractivity contribution in [2.45, 2.75) is 6.18 Å². The molecule has 4 nitrogen and oxygen atoms in total. The molecule has 0 aliphatic carbocycles. The van der Waals surface area contributed by atoms with Gasteiger partial charge in [0.1, 0.15) is 0 Å². The zero-order chi connectivity index (χ0) is 13.2. The van der Waals surface area contributed by atoms with Crippen LogP contribution in [0.2, 0.25) is 0 Å². The number of nitrogens with zero attached hydrogens (tertiary/aromatic N) is 1. The number of para-hydroxylation sites is 1. The van der Waals surface area contributed by atoms with Crippen LogP contribution in [0.1, 0.15) is 5.56 Å². The molecule has 94 valence electrons. The van der Waals surface area contributed by atoms with E-state index in [9.17, 15) is 23.1 Å². The summed E-state index contributed by atoms with van der Waals surface area (Å²) in [6, 6.07) is 2.40. The molecule has 0 unspecified atom stereocenters. The molecular weight excluding hydrogens is 237 g/mol. The van der Waals surface area contributed by atoms with Crippen LogP contribution < -0.4 is 5.32 Å². The number of benzene rings is 1. The molecule has 2 amide bonds. The summed E-state index contributed by atoms with van der Waals surface area (Å²) in [5.74, 6) is -0.991. The summed E-state index contributed by atoms with van der Waals surface area (Å²) < 4.78 is 37.3. The monoisotopic (exact) mass is 248 g/mol. The van der Waals surface area contributed by atoms with Crippen LogP contribution in [0.15, 0.2) is 18.2 Å². The van der Waals surface area contributed by atoms with E-state index < -0.39 is 23.5 Å². The number of amides is 2. The van der Waals surface area contributed by atoms with Crippen molar-refractivity contribution in [3.63, 3.8) is 0 Å². The van der Waals surface area contributed by atoms with Crippen LogP contribution in [0.3, 0.4) is 0 Å². The molecule has 0 aromatic heterocycles. The van der Waals surface area contributed by atoms with Crippen LogP contribution >= 0.6 is 0 Å². The molecule has 1 aromatic carbocycles.